The van der Waals surface area contributed by atoms with Gasteiger partial charge in [-0.3, -0.25) is 0 Å². The fourth-order valence-electron chi connectivity index (χ4n) is 1.52. The molecular weight excluding hydrogens is 243 g/mol. The average molecular weight is 261 g/mol. The maximum absolute atomic E-state index is 12.9. The number of nitrogens with zero attached hydrogens (tertiary/aromatic N) is 1. The van der Waals surface area contributed by atoms with Crippen LogP contribution in [0.1, 0.15) is 11.6 Å². The summed E-state index contributed by atoms with van der Waals surface area (Å²) >= 11 is 5.94. The SMILES string of the molecule is CN(C)CCNC(CO)c1ccc(F)cc1Cl. The number of aliphatic hydroxyl groups is 1. The van der Waals surface area contributed by atoms with Crippen molar-refractivity contribution in [2.45, 2.75) is 6.04 Å². The van der Waals surface area contributed by atoms with E-state index in [0.29, 0.717) is 10.6 Å². The Hall–Kier alpha value is -0.680. The fraction of sp³-hybridized carbons (Fsp3) is 0.500. The Morgan fingerprint density at radius 2 is 2.18 bits per heavy atom. The zero-order valence-electron chi connectivity index (χ0n) is 10.1. The Bertz CT molecular complexity index is 360. The zero-order chi connectivity index (χ0) is 12.8. The molecule has 1 unspecified atom stereocenters. The van der Waals surface area contributed by atoms with Crippen molar-refractivity contribution in [3.63, 3.8) is 0 Å². The maximum atomic E-state index is 12.9. The first-order valence-electron chi connectivity index (χ1n) is 5.48. The van der Waals surface area contributed by atoms with Gasteiger partial charge in [0.05, 0.1) is 12.6 Å². The molecule has 3 nitrogen and oxygen atoms in total. The molecule has 2 N–H and O–H groups in total. The van der Waals surface area contributed by atoms with Gasteiger partial charge in [0.25, 0.3) is 0 Å². The van der Waals surface area contributed by atoms with Crippen LogP contribution in [0, 0.1) is 5.82 Å². The lowest BCUT2D eigenvalue weighted by Gasteiger charge is -2.19. The van der Waals surface area contributed by atoms with Gasteiger partial charge in [-0.25, -0.2) is 4.39 Å². The molecule has 1 aromatic carbocycles. The Balaban J connectivity index is 2.66. The van der Waals surface area contributed by atoms with E-state index in [4.69, 9.17) is 11.6 Å². The predicted octanol–water partition coefficient (Wildman–Crippen LogP) is 1.66. The van der Waals surface area contributed by atoms with Crippen molar-refractivity contribution in [3.8, 4) is 0 Å². The number of nitrogens with one attached hydrogen (secondary N) is 1. The summed E-state index contributed by atoms with van der Waals surface area (Å²) in [5, 5.41) is 12.8. The van der Waals surface area contributed by atoms with Gasteiger partial charge in [-0.05, 0) is 31.8 Å². The van der Waals surface area contributed by atoms with Gasteiger partial charge in [0.15, 0.2) is 0 Å². The van der Waals surface area contributed by atoms with Gasteiger partial charge in [-0.1, -0.05) is 17.7 Å². The van der Waals surface area contributed by atoms with Gasteiger partial charge < -0.3 is 15.3 Å². The van der Waals surface area contributed by atoms with Crippen LogP contribution in [0.4, 0.5) is 4.39 Å². The minimum absolute atomic E-state index is 0.0707. The highest BCUT2D eigenvalue weighted by Gasteiger charge is 2.13. The molecule has 0 aromatic heterocycles. The molecule has 0 spiro atoms. The van der Waals surface area contributed by atoms with Gasteiger partial charge in [-0.2, -0.15) is 0 Å². The van der Waals surface area contributed by atoms with Crippen LogP contribution < -0.4 is 5.32 Å². The molecule has 0 aliphatic heterocycles. The van der Waals surface area contributed by atoms with Gasteiger partial charge in [0.2, 0.25) is 0 Å². The second-order valence-electron chi connectivity index (χ2n) is 4.16. The molecule has 5 heteroatoms. The Kier molecular flexibility index (Phi) is 5.85. The Morgan fingerprint density at radius 3 is 2.71 bits per heavy atom. The van der Waals surface area contributed by atoms with Crippen molar-refractivity contribution in [3.05, 3.63) is 34.6 Å². The van der Waals surface area contributed by atoms with E-state index in [1.54, 1.807) is 6.07 Å². The highest BCUT2D eigenvalue weighted by atomic mass is 35.5. The van der Waals surface area contributed by atoms with Gasteiger partial charge in [-0.15, -0.1) is 0 Å². The molecule has 0 saturated heterocycles. The molecule has 0 fully saturated rings. The van der Waals surface area contributed by atoms with Crippen LogP contribution in [0.5, 0.6) is 0 Å². The van der Waals surface area contributed by atoms with E-state index in [-0.39, 0.29) is 18.5 Å². The van der Waals surface area contributed by atoms with Gasteiger partial charge >= 0.3 is 0 Å². The standard InChI is InChI=1S/C12H18ClFN2O/c1-16(2)6-5-15-12(8-17)10-4-3-9(14)7-11(10)13/h3-4,7,12,15,17H,5-6,8H2,1-2H3. The summed E-state index contributed by atoms with van der Waals surface area (Å²) in [5.74, 6) is -0.372. The van der Waals surface area contributed by atoms with E-state index in [2.05, 4.69) is 5.32 Å². The third-order valence-electron chi connectivity index (χ3n) is 2.47. The summed E-state index contributed by atoms with van der Waals surface area (Å²) in [7, 11) is 3.95. The fourth-order valence-corrected chi connectivity index (χ4v) is 1.82. The number of hydrogen-bond acceptors (Lipinski definition) is 3. The molecule has 0 radical (unpaired) electrons. The predicted molar refractivity (Wildman–Crippen MR) is 67.8 cm³/mol. The van der Waals surface area contributed by atoms with E-state index >= 15 is 0 Å². The third-order valence-corrected chi connectivity index (χ3v) is 2.80. The Morgan fingerprint density at radius 1 is 1.47 bits per heavy atom. The molecule has 17 heavy (non-hydrogen) atoms. The van der Waals surface area contributed by atoms with E-state index in [0.717, 1.165) is 13.1 Å². The topological polar surface area (TPSA) is 35.5 Å². The van der Waals surface area contributed by atoms with Crippen LogP contribution >= 0.6 is 11.6 Å². The van der Waals surface area contributed by atoms with Crippen molar-refractivity contribution >= 4 is 11.6 Å². The van der Waals surface area contributed by atoms with Crippen molar-refractivity contribution in [1.29, 1.82) is 0 Å². The number of aliphatic hydroxyl groups excluding tert-OH is 1. The second-order valence-corrected chi connectivity index (χ2v) is 4.57. The number of likely N-dealkylation sites (N-methyl/N-ethyl adjacent to an activating group) is 1. The number of hydrogen-bond donors (Lipinski definition) is 2. The van der Waals surface area contributed by atoms with Crippen LogP contribution in [-0.4, -0.2) is 43.8 Å². The second kappa shape index (κ2) is 6.91. The first-order chi connectivity index (χ1) is 8.04. The lowest BCUT2D eigenvalue weighted by Crippen LogP contribution is -2.31. The molecule has 0 aliphatic carbocycles. The summed E-state index contributed by atoms with van der Waals surface area (Å²) < 4.78 is 12.9. The molecule has 1 rings (SSSR count). The Labute approximate surface area is 106 Å². The van der Waals surface area contributed by atoms with E-state index in [1.165, 1.54) is 12.1 Å². The van der Waals surface area contributed by atoms with Gasteiger partial charge in [0, 0.05) is 18.1 Å². The highest BCUT2D eigenvalue weighted by Crippen LogP contribution is 2.23. The van der Waals surface area contributed by atoms with Crippen LogP contribution in [0.3, 0.4) is 0 Å². The number of halogens is 2. The van der Waals surface area contributed by atoms with Crippen LogP contribution in [0.25, 0.3) is 0 Å². The minimum Gasteiger partial charge on any atom is -0.394 e. The van der Waals surface area contributed by atoms with Crippen LogP contribution in [-0.2, 0) is 0 Å². The van der Waals surface area contributed by atoms with Crippen molar-refractivity contribution in [2.24, 2.45) is 0 Å². The molecule has 0 bridgehead atoms. The maximum Gasteiger partial charge on any atom is 0.124 e. The lowest BCUT2D eigenvalue weighted by molar-refractivity contribution is 0.240. The quantitative estimate of drug-likeness (QED) is 0.817. The average Bonchev–Trinajstić information content (AvgIpc) is 2.25. The number of rotatable bonds is 6. The smallest absolute Gasteiger partial charge is 0.124 e. The van der Waals surface area contributed by atoms with Crippen molar-refractivity contribution < 1.29 is 9.50 Å². The molecule has 1 aromatic rings. The lowest BCUT2D eigenvalue weighted by atomic mass is 10.1. The third kappa shape index (κ3) is 4.60. The summed E-state index contributed by atoms with van der Waals surface area (Å²) in [5.41, 5.74) is 0.717. The molecular formula is C12H18ClFN2O. The summed E-state index contributed by atoms with van der Waals surface area (Å²) in [6, 6.07) is 3.94. The molecule has 0 amide bonds. The van der Waals surface area contributed by atoms with E-state index in [1.807, 2.05) is 19.0 Å². The van der Waals surface area contributed by atoms with Crippen LogP contribution in [0.2, 0.25) is 5.02 Å². The van der Waals surface area contributed by atoms with Crippen molar-refractivity contribution in [1.82, 2.24) is 10.2 Å². The summed E-state index contributed by atoms with van der Waals surface area (Å²) in [6.07, 6.45) is 0. The highest BCUT2D eigenvalue weighted by molar-refractivity contribution is 6.31. The number of benzene rings is 1. The van der Waals surface area contributed by atoms with E-state index in [9.17, 15) is 9.50 Å². The molecule has 1 atom stereocenters. The monoisotopic (exact) mass is 260 g/mol. The zero-order valence-corrected chi connectivity index (χ0v) is 10.8. The largest absolute Gasteiger partial charge is 0.394 e. The first kappa shape index (κ1) is 14.4. The summed E-state index contributed by atoms with van der Waals surface area (Å²) in [4.78, 5) is 2.04. The molecule has 0 aliphatic rings. The van der Waals surface area contributed by atoms with Crippen LogP contribution in [0.15, 0.2) is 18.2 Å². The molecule has 0 heterocycles. The first-order valence-corrected chi connectivity index (χ1v) is 5.86. The molecule has 96 valence electrons. The minimum atomic E-state index is -0.372. The van der Waals surface area contributed by atoms with Crippen molar-refractivity contribution in [2.75, 3.05) is 33.8 Å². The normalized spacial score (nSPS) is 13.1. The van der Waals surface area contributed by atoms with E-state index < -0.39 is 0 Å². The molecule has 0 saturated carbocycles. The summed E-state index contributed by atoms with van der Waals surface area (Å²) in [6.45, 7) is 1.51. The van der Waals surface area contributed by atoms with Gasteiger partial charge in [0.1, 0.15) is 5.82 Å².